The molecule has 2 heterocycles. The van der Waals surface area contributed by atoms with Crippen molar-refractivity contribution in [2.75, 3.05) is 13.2 Å². The van der Waals surface area contributed by atoms with E-state index < -0.39 is 0 Å². The molecule has 0 unspecified atom stereocenters. The summed E-state index contributed by atoms with van der Waals surface area (Å²) in [6.45, 7) is 6.30. The van der Waals surface area contributed by atoms with Crippen LogP contribution in [0.25, 0.3) is 0 Å². The largest absolute Gasteiger partial charge is 0.381 e. The van der Waals surface area contributed by atoms with E-state index in [-0.39, 0.29) is 5.54 Å². The zero-order valence-electron chi connectivity index (χ0n) is 11.9. The minimum absolute atomic E-state index is 0.177. The van der Waals surface area contributed by atoms with E-state index in [9.17, 15) is 0 Å². The summed E-state index contributed by atoms with van der Waals surface area (Å²) < 4.78 is 5.47. The minimum Gasteiger partial charge on any atom is -0.381 e. The number of aryl methyl sites for hydroxylation is 1. The number of nitrogens with one attached hydrogen (secondary N) is 1. The van der Waals surface area contributed by atoms with Crippen molar-refractivity contribution in [1.82, 2.24) is 10.3 Å². The molecule has 3 nitrogen and oxygen atoms in total. The van der Waals surface area contributed by atoms with Crippen LogP contribution in [0.1, 0.15) is 49.7 Å². The van der Waals surface area contributed by atoms with Gasteiger partial charge in [0.1, 0.15) is 5.01 Å². The third-order valence-corrected chi connectivity index (χ3v) is 5.88. The number of rotatable bonds is 4. The Morgan fingerprint density at radius 3 is 2.68 bits per heavy atom. The zero-order chi connectivity index (χ0) is 13.3. The van der Waals surface area contributed by atoms with Crippen LogP contribution in [0.4, 0.5) is 0 Å². The predicted octanol–water partition coefficient (Wildman–Crippen LogP) is 3.24. The van der Waals surface area contributed by atoms with Crippen LogP contribution in [0.2, 0.25) is 0 Å². The Hall–Kier alpha value is -0.450. The average molecular weight is 280 g/mol. The van der Waals surface area contributed by atoms with Gasteiger partial charge in [0, 0.05) is 30.3 Å². The standard InChI is InChI=1S/C15H24N2OS/c1-11-10-19-14(16-11)15(6-3-7-15)17-12(2)13-4-8-18-9-5-13/h10,12-13,17H,3-9H2,1-2H3/t12-/m1/s1. The van der Waals surface area contributed by atoms with Crippen LogP contribution in [0.15, 0.2) is 5.38 Å². The fraction of sp³-hybridized carbons (Fsp3) is 0.800. The molecular formula is C15H24N2OS. The molecule has 4 heteroatoms. The minimum atomic E-state index is 0.177. The summed E-state index contributed by atoms with van der Waals surface area (Å²) in [7, 11) is 0. The zero-order valence-corrected chi connectivity index (χ0v) is 12.8. The lowest BCUT2D eigenvalue weighted by Gasteiger charge is -2.45. The van der Waals surface area contributed by atoms with Crippen molar-refractivity contribution in [2.45, 2.75) is 57.5 Å². The summed E-state index contributed by atoms with van der Waals surface area (Å²) in [5.74, 6) is 0.757. The molecule has 1 saturated heterocycles. The van der Waals surface area contributed by atoms with Crippen molar-refractivity contribution in [3.63, 3.8) is 0 Å². The van der Waals surface area contributed by atoms with Gasteiger partial charge in [-0.25, -0.2) is 4.98 Å². The molecule has 0 amide bonds. The molecule has 0 bridgehead atoms. The Balaban J connectivity index is 1.69. The first-order chi connectivity index (χ1) is 9.20. The Kier molecular flexibility index (Phi) is 3.92. The molecule has 19 heavy (non-hydrogen) atoms. The van der Waals surface area contributed by atoms with Crippen LogP contribution in [-0.4, -0.2) is 24.2 Å². The fourth-order valence-electron chi connectivity index (χ4n) is 3.29. The van der Waals surface area contributed by atoms with Crippen LogP contribution in [0.5, 0.6) is 0 Å². The number of thiazole rings is 1. The Bertz CT molecular complexity index is 422. The van der Waals surface area contributed by atoms with Gasteiger partial charge in [-0.05, 0) is 51.9 Å². The monoisotopic (exact) mass is 280 g/mol. The summed E-state index contributed by atoms with van der Waals surface area (Å²) in [6.07, 6.45) is 6.20. The molecule has 1 N–H and O–H groups in total. The molecule has 1 aliphatic heterocycles. The van der Waals surface area contributed by atoms with Gasteiger partial charge in [0.15, 0.2) is 0 Å². The molecule has 3 rings (SSSR count). The lowest BCUT2D eigenvalue weighted by molar-refractivity contribution is 0.0436. The van der Waals surface area contributed by atoms with E-state index in [1.807, 2.05) is 11.3 Å². The highest BCUT2D eigenvalue weighted by molar-refractivity contribution is 7.09. The Morgan fingerprint density at radius 1 is 1.42 bits per heavy atom. The third-order valence-electron chi connectivity index (χ3n) is 4.71. The van der Waals surface area contributed by atoms with Crippen LogP contribution in [0, 0.1) is 12.8 Å². The van der Waals surface area contributed by atoms with Gasteiger partial charge in [-0.2, -0.15) is 0 Å². The first-order valence-electron chi connectivity index (χ1n) is 7.48. The summed E-state index contributed by atoms with van der Waals surface area (Å²) in [5.41, 5.74) is 1.34. The topological polar surface area (TPSA) is 34.1 Å². The quantitative estimate of drug-likeness (QED) is 0.919. The van der Waals surface area contributed by atoms with Crippen LogP contribution in [0.3, 0.4) is 0 Å². The third kappa shape index (κ3) is 2.71. The molecule has 0 spiro atoms. The number of hydrogen-bond acceptors (Lipinski definition) is 4. The van der Waals surface area contributed by atoms with Gasteiger partial charge in [0.05, 0.1) is 5.54 Å². The lowest BCUT2D eigenvalue weighted by atomic mass is 9.75. The summed E-state index contributed by atoms with van der Waals surface area (Å²) in [5, 5.41) is 7.40. The van der Waals surface area contributed by atoms with Crippen molar-refractivity contribution in [1.29, 1.82) is 0 Å². The second-order valence-corrected chi connectivity index (χ2v) is 6.97. The van der Waals surface area contributed by atoms with Crippen molar-refractivity contribution < 1.29 is 4.74 Å². The van der Waals surface area contributed by atoms with Gasteiger partial charge >= 0.3 is 0 Å². The highest BCUT2D eigenvalue weighted by atomic mass is 32.1. The molecule has 1 aromatic heterocycles. The van der Waals surface area contributed by atoms with E-state index >= 15 is 0 Å². The van der Waals surface area contributed by atoms with Gasteiger partial charge in [-0.3, -0.25) is 0 Å². The van der Waals surface area contributed by atoms with Crippen LogP contribution < -0.4 is 5.32 Å². The van der Waals surface area contributed by atoms with Crippen LogP contribution in [-0.2, 0) is 10.3 Å². The number of ether oxygens (including phenoxy) is 1. The van der Waals surface area contributed by atoms with E-state index in [4.69, 9.17) is 9.72 Å². The maximum absolute atomic E-state index is 5.47. The number of hydrogen-bond donors (Lipinski definition) is 1. The molecule has 0 radical (unpaired) electrons. The van der Waals surface area contributed by atoms with E-state index in [1.54, 1.807) is 0 Å². The first kappa shape index (κ1) is 13.5. The summed E-state index contributed by atoms with van der Waals surface area (Å²) >= 11 is 1.82. The molecule has 2 fully saturated rings. The smallest absolute Gasteiger partial charge is 0.113 e. The van der Waals surface area contributed by atoms with E-state index in [1.165, 1.54) is 37.1 Å². The van der Waals surface area contributed by atoms with Crippen molar-refractivity contribution >= 4 is 11.3 Å². The van der Waals surface area contributed by atoms with E-state index in [0.29, 0.717) is 6.04 Å². The van der Waals surface area contributed by atoms with Gasteiger partial charge in [-0.1, -0.05) is 0 Å². The Labute approximate surface area is 119 Å². The van der Waals surface area contributed by atoms with Gasteiger partial charge in [0.2, 0.25) is 0 Å². The normalized spacial score (nSPS) is 24.9. The first-order valence-corrected chi connectivity index (χ1v) is 8.36. The maximum Gasteiger partial charge on any atom is 0.113 e. The summed E-state index contributed by atoms with van der Waals surface area (Å²) in [6, 6.07) is 0.563. The fourth-order valence-corrected chi connectivity index (χ4v) is 4.31. The molecule has 1 saturated carbocycles. The second kappa shape index (κ2) is 5.51. The van der Waals surface area contributed by atoms with Crippen LogP contribution >= 0.6 is 11.3 Å². The molecule has 1 atom stereocenters. The molecular weight excluding hydrogens is 256 g/mol. The molecule has 1 aliphatic carbocycles. The second-order valence-electron chi connectivity index (χ2n) is 6.11. The van der Waals surface area contributed by atoms with E-state index in [0.717, 1.165) is 24.8 Å². The SMILES string of the molecule is Cc1csc(C2(N[C@H](C)C3CCOCC3)CCC2)n1. The highest BCUT2D eigenvalue weighted by Crippen LogP contribution is 2.43. The molecule has 106 valence electrons. The van der Waals surface area contributed by atoms with Crippen molar-refractivity contribution in [2.24, 2.45) is 5.92 Å². The van der Waals surface area contributed by atoms with Crippen molar-refractivity contribution in [3.8, 4) is 0 Å². The number of nitrogens with zero attached hydrogens (tertiary/aromatic N) is 1. The molecule has 1 aromatic rings. The van der Waals surface area contributed by atoms with Gasteiger partial charge < -0.3 is 10.1 Å². The predicted molar refractivity (Wildman–Crippen MR) is 78.5 cm³/mol. The maximum atomic E-state index is 5.47. The lowest BCUT2D eigenvalue weighted by Crippen LogP contribution is -2.54. The van der Waals surface area contributed by atoms with Gasteiger partial charge in [0.25, 0.3) is 0 Å². The van der Waals surface area contributed by atoms with Crippen molar-refractivity contribution in [3.05, 3.63) is 16.1 Å². The molecule has 0 aromatic carbocycles. The van der Waals surface area contributed by atoms with Gasteiger partial charge in [-0.15, -0.1) is 11.3 Å². The highest BCUT2D eigenvalue weighted by Gasteiger charge is 2.42. The number of aromatic nitrogens is 1. The summed E-state index contributed by atoms with van der Waals surface area (Å²) in [4.78, 5) is 4.73. The molecule has 2 aliphatic rings. The average Bonchev–Trinajstić information content (AvgIpc) is 2.81. The Morgan fingerprint density at radius 2 is 2.16 bits per heavy atom. The van der Waals surface area contributed by atoms with E-state index in [2.05, 4.69) is 24.5 Å².